The van der Waals surface area contributed by atoms with E-state index in [-0.39, 0.29) is 23.7 Å². The maximum atomic E-state index is 13.9. The van der Waals surface area contributed by atoms with E-state index < -0.39 is 11.6 Å². The molecule has 146 valence electrons. The molecule has 1 amide bonds. The second-order valence-electron chi connectivity index (χ2n) is 7.93. The first kappa shape index (κ1) is 18.7. The summed E-state index contributed by atoms with van der Waals surface area (Å²) in [5.74, 6) is -0.210. The van der Waals surface area contributed by atoms with Crippen molar-refractivity contribution in [2.45, 2.75) is 43.2 Å². The smallest absolute Gasteiger partial charge is 0.408 e. The average molecular weight is 392 g/mol. The van der Waals surface area contributed by atoms with Crippen LogP contribution in [0.15, 0.2) is 24.3 Å². The second kappa shape index (κ2) is 7.41. The minimum atomic E-state index is -1.04. The van der Waals surface area contributed by atoms with Crippen molar-refractivity contribution < 1.29 is 14.7 Å². The van der Waals surface area contributed by atoms with E-state index in [0.717, 1.165) is 44.3 Å². The number of carboxylic acid groups (broad SMARTS) is 1. The Morgan fingerprint density at radius 1 is 1.07 bits per heavy atom. The van der Waals surface area contributed by atoms with Gasteiger partial charge < -0.3 is 15.7 Å². The molecule has 1 aromatic rings. The van der Waals surface area contributed by atoms with Gasteiger partial charge in [0, 0.05) is 36.0 Å². The molecule has 2 aliphatic heterocycles. The van der Waals surface area contributed by atoms with Crippen LogP contribution in [-0.2, 0) is 4.79 Å². The van der Waals surface area contributed by atoms with Crippen LogP contribution < -0.4 is 10.6 Å². The van der Waals surface area contributed by atoms with Gasteiger partial charge in [0.2, 0.25) is 0 Å². The number of carbonyl (C=O) groups excluding carboxylic acids is 1. The Morgan fingerprint density at radius 2 is 1.74 bits per heavy atom. The zero-order valence-electron chi connectivity index (χ0n) is 15.3. The molecule has 3 fully saturated rings. The number of rotatable bonds is 5. The number of hydrogen-bond acceptors (Lipinski definition) is 4. The summed E-state index contributed by atoms with van der Waals surface area (Å²) < 4.78 is 0. The highest BCUT2D eigenvalue weighted by atomic mass is 35.5. The average Bonchev–Trinajstić information content (AvgIpc) is 3.40. The van der Waals surface area contributed by atoms with Crippen LogP contribution in [0.25, 0.3) is 0 Å². The summed E-state index contributed by atoms with van der Waals surface area (Å²) in [6.45, 7) is 2.59. The van der Waals surface area contributed by atoms with E-state index in [1.165, 1.54) is 4.90 Å². The lowest BCUT2D eigenvalue weighted by Gasteiger charge is -2.44. The highest BCUT2D eigenvalue weighted by molar-refractivity contribution is 6.30. The summed E-state index contributed by atoms with van der Waals surface area (Å²) in [4.78, 5) is 27.7. The number of hydrogen-bond donors (Lipinski definition) is 3. The molecule has 3 aliphatic rings. The lowest BCUT2D eigenvalue weighted by Crippen LogP contribution is -2.64. The van der Waals surface area contributed by atoms with Gasteiger partial charge in [-0.05, 0) is 56.5 Å². The number of piperidine rings is 1. The molecule has 1 aliphatic carbocycles. The zero-order chi connectivity index (χ0) is 19.0. The molecule has 6 nitrogen and oxygen atoms in total. The van der Waals surface area contributed by atoms with Crippen LogP contribution in [0, 0.1) is 5.92 Å². The van der Waals surface area contributed by atoms with Crippen LogP contribution >= 0.6 is 11.6 Å². The molecule has 4 rings (SSSR count). The lowest BCUT2D eigenvalue weighted by atomic mass is 9.72. The molecular weight excluding hydrogens is 366 g/mol. The molecule has 0 unspecified atom stereocenters. The Morgan fingerprint density at radius 3 is 2.33 bits per heavy atom. The van der Waals surface area contributed by atoms with Gasteiger partial charge >= 0.3 is 6.09 Å². The minimum absolute atomic E-state index is 0.0529. The Kier molecular flexibility index (Phi) is 5.14. The number of benzene rings is 1. The maximum Gasteiger partial charge on any atom is 0.408 e. The molecule has 3 N–H and O–H groups in total. The van der Waals surface area contributed by atoms with E-state index in [1.54, 1.807) is 0 Å². The predicted octanol–water partition coefficient (Wildman–Crippen LogP) is 2.48. The van der Waals surface area contributed by atoms with Gasteiger partial charge in [-0.25, -0.2) is 4.79 Å². The summed E-state index contributed by atoms with van der Waals surface area (Å²) in [5, 5.41) is 17.4. The Bertz CT molecular complexity index is 716. The van der Waals surface area contributed by atoms with Crippen molar-refractivity contribution in [3.8, 4) is 0 Å². The standard InChI is InChI=1S/C20H26ClN3O3/c21-15-3-1-13(2-4-15)17-11-23-12-20(17,24(19(26)27)16-5-6-16)18(25)14-7-9-22-10-8-14/h1-4,14,16-17,22-23H,5-12H2,(H,26,27)/t17-,20+/m0/s1. The normalized spacial score (nSPS) is 28.9. The highest BCUT2D eigenvalue weighted by Crippen LogP contribution is 2.45. The molecule has 1 aromatic carbocycles. The first-order valence-corrected chi connectivity index (χ1v) is 10.2. The molecular formula is C20H26ClN3O3. The van der Waals surface area contributed by atoms with E-state index in [4.69, 9.17) is 11.6 Å². The minimum Gasteiger partial charge on any atom is -0.465 e. The van der Waals surface area contributed by atoms with Crippen LogP contribution in [0.5, 0.6) is 0 Å². The van der Waals surface area contributed by atoms with Crippen molar-refractivity contribution >= 4 is 23.5 Å². The van der Waals surface area contributed by atoms with Gasteiger partial charge in [0.05, 0.1) is 0 Å². The summed E-state index contributed by atoms with van der Waals surface area (Å²) >= 11 is 6.05. The Balaban J connectivity index is 1.78. The molecule has 0 spiro atoms. The first-order chi connectivity index (χ1) is 13.0. The summed E-state index contributed by atoms with van der Waals surface area (Å²) in [7, 11) is 0. The number of nitrogens with zero attached hydrogens (tertiary/aromatic N) is 1. The van der Waals surface area contributed by atoms with Gasteiger partial charge in [0.25, 0.3) is 0 Å². The Labute approximate surface area is 164 Å². The monoisotopic (exact) mass is 391 g/mol. The number of carbonyl (C=O) groups is 2. The summed E-state index contributed by atoms with van der Waals surface area (Å²) in [5.41, 5.74) is -0.0679. The SMILES string of the molecule is O=C(O)N(C1CC1)[C@]1(C(=O)C2CCNCC2)CNC[C@H]1c1ccc(Cl)cc1. The summed E-state index contributed by atoms with van der Waals surface area (Å²) in [6.07, 6.45) is 2.22. The van der Waals surface area contributed by atoms with Gasteiger partial charge in [0.15, 0.2) is 5.78 Å². The molecule has 0 radical (unpaired) electrons. The van der Waals surface area contributed by atoms with Crippen LogP contribution in [-0.4, -0.2) is 59.6 Å². The van der Waals surface area contributed by atoms with Gasteiger partial charge in [-0.15, -0.1) is 0 Å². The van der Waals surface area contributed by atoms with E-state index in [0.29, 0.717) is 18.1 Å². The second-order valence-corrected chi connectivity index (χ2v) is 8.37. The van der Waals surface area contributed by atoms with Gasteiger partial charge in [-0.3, -0.25) is 9.69 Å². The van der Waals surface area contributed by atoms with Crippen molar-refractivity contribution in [1.82, 2.24) is 15.5 Å². The fraction of sp³-hybridized carbons (Fsp3) is 0.600. The van der Waals surface area contributed by atoms with Crippen molar-refractivity contribution in [1.29, 1.82) is 0 Å². The molecule has 0 aromatic heterocycles. The quantitative estimate of drug-likeness (QED) is 0.718. The third-order valence-electron chi connectivity index (χ3n) is 6.28. The van der Waals surface area contributed by atoms with Crippen molar-refractivity contribution in [3.05, 3.63) is 34.9 Å². The zero-order valence-corrected chi connectivity index (χ0v) is 16.0. The summed E-state index contributed by atoms with van der Waals surface area (Å²) in [6, 6.07) is 7.44. The van der Waals surface area contributed by atoms with E-state index in [9.17, 15) is 14.7 Å². The number of halogens is 1. The molecule has 2 atom stereocenters. The topological polar surface area (TPSA) is 81.7 Å². The molecule has 1 saturated carbocycles. The molecule has 2 saturated heterocycles. The third kappa shape index (κ3) is 3.35. The van der Waals surface area contributed by atoms with Crippen molar-refractivity contribution in [2.24, 2.45) is 5.92 Å². The fourth-order valence-electron chi connectivity index (χ4n) is 4.84. The van der Waals surface area contributed by atoms with E-state index in [1.807, 2.05) is 24.3 Å². The van der Waals surface area contributed by atoms with Crippen LogP contribution in [0.1, 0.15) is 37.2 Å². The molecule has 2 heterocycles. The first-order valence-electron chi connectivity index (χ1n) is 9.77. The molecule has 0 bridgehead atoms. The third-order valence-corrected chi connectivity index (χ3v) is 6.53. The van der Waals surface area contributed by atoms with E-state index >= 15 is 0 Å². The van der Waals surface area contributed by atoms with Crippen LogP contribution in [0.3, 0.4) is 0 Å². The predicted molar refractivity (Wildman–Crippen MR) is 103 cm³/mol. The van der Waals surface area contributed by atoms with Crippen molar-refractivity contribution in [3.63, 3.8) is 0 Å². The molecule has 27 heavy (non-hydrogen) atoms. The van der Waals surface area contributed by atoms with Gasteiger partial charge in [0.1, 0.15) is 5.54 Å². The largest absolute Gasteiger partial charge is 0.465 e. The number of amides is 1. The lowest BCUT2D eigenvalue weighted by molar-refractivity contribution is -0.135. The molecule has 7 heteroatoms. The number of Topliss-reactive ketones (excluding diaryl/α,β-unsaturated/α-hetero) is 1. The fourth-order valence-corrected chi connectivity index (χ4v) is 4.97. The Hall–Kier alpha value is -1.63. The van der Waals surface area contributed by atoms with Crippen LogP contribution in [0.4, 0.5) is 4.79 Å². The van der Waals surface area contributed by atoms with Gasteiger partial charge in [-0.1, -0.05) is 23.7 Å². The number of ketones is 1. The van der Waals surface area contributed by atoms with Crippen molar-refractivity contribution in [2.75, 3.05) is 26.2 Å². The van der Waals surface area contributed by atoms with E-state index in [2.05, 4.69) is 10.6 Å². The highest BCUT2D eigenvalue weighted by Gasteiger charge is 2.60. The van der Waals surface area contributed by atoms with Gasteiger partial charge in [-0.2, -0.15) is 0 Å². The number of nitrogens with one attached hydrogen (secondary N) is 2. The van der Waals surface area contributed by atoms with Crippen LogP contribution in [0.2, 0.25) is 5.02 Å². The maximum absolute atomic E-state index is 13.9.